The van der Waals surface area contributed by atoms with Crippen LogP contribution in [0.2, 0.25) is 0 Å². The second-order valence-corrected chi connectivity index (χ2v) is 7.52. The van der Waals surface area contributed by atoms with Gasteiger partial charge in [0.05, 0.1) is 18.3 Å². The summed E-state index contributed by atoms with van der Waals surface area (Å²) >= 11 is 0. The number of hydrogen-bond acceptors (Lipinski definition) is 3. The first kappa shape index (κ1) is 15.8. The van der Waals surface area contributed by atoms with Crippen molar-refractivity contribution in [2.45, 2.75) is 88.9 Å². The van der Waals surface area contributed by atoms with Gasteiger partial charge in [-0.1, -0.05) is 19.8 Å². The Bertz CT molecular complexity index is 302. The van der Waals surface area contributed by atoms with Gasteiger partial charge < -0.3 is 14.8 Å². The standard InChI is InChI=1S/C18H33NO2/c1-2-4-15-8-10-18(11-9-15,14-19-16-6-7-16)21-13-17-5-3-12-20-17/h15-17,19H,2-14H2,1H3. The molecule has 0 aromatic rings. The third-order valence-electron chi connectivity index (χ3n) is 5.60. The number of ether oxygens (including phenoxy) is 2. The molecule has 1 atom stereocenters. The largest absolute Gasteiger partial charge is 0.376 e. The second kappa shape index (κ2) is 7.43. The number of rotatable bonds is 8. The second-order valence-electron chi connectivity index (χ2n) is 7.52. The molecule has 0 aromatic carbocycles. The molecule has 2 aliphatic carbocycles. The summed E-state index contributed by atoms with van der Waals surface area (Å²) in [6, 6.07) is 0.779. The highest BCUT2D eigenvalue weighted by molar-refractivity contribution is 4.93. The lowest BCUT2D eigenvalue weighted by Gasteiger charge is -2.41. The van der Waals surface area contributed by atoms with Crippen molar-refractivity contribution in [3.8, 4) is 0 Å². The Labute approximate surface area is 130 Å². The molecule has 2 saturated carbocycles. The highest BCUT2D eigenvalue weighted by atomic mass is 16.5. The van der Waals surface area contributed by atoms with Crippen LogP contribution in [-0.4, -0.2) is 37.5 Å². The summed E-state index contributed by atoms with van der Waals surface area (Å²) in [4.78, 5) is 0. The summed E-state index contributed by atoms with van der Waals surface area (Å²) in [6.45, 7) is 5.11. The summed E-state index contributed by atoms with van der Waals surface area (Å²) in [7, 11) is 0. The van der Waals surface area contributed by atoms with E-state index in [1.165, 1.54) is 64.2 Å². The Morgan fingerprint density at radius 1 is 1.14 bits per heavy atom. The summed E-state index contributed by atoms with van der Waals surface area (Å²) in [5.74, 6) is 0.940. The maximum atomic E-state index is 6.47. The first-order chi connectivity index (χ1) is 10.3. The third-order valence-corrected chi connectivity index (χ3v) is 5.60. The molecule has 0 spiro atoms. The average molecular weight is 295 g/mol. The molecular formula is C18H33NO2. The summed E-state index contributed by atoms with van der Waals surface area (Å²) in [5, 5.41) is 3.72. The van der Waals surface area contributed by atoms with Gasteiger partial charge in [-0.15, -0.1) is 0 Å². The lowest BCUT2D eigenvalue weighted by Crippen LogP contribution is -2.47. The van der Waals surface area contributed by atoms with Crippen LogP contribution in [0.1, 0.15) is 71.1 Å². The van der Waals surface area contributed by atoms with E-state index in [4.69, 9.17) is 9.47 Å². The molecule has 0 radical (unpaired) electrons. The normalized spacial score (nSPS) is 37.0. The van der Waals surface area contributed by atoms with Crippen LogP contribution in [0.15, 0.2) is 0 Å². The van der Waals surface area contributed by atoms with Crippen molar-refractivity contribution in [3.63, 3.8) is 0 Å². The van der Waals surface area contributed by atoms with E-state index in [1.807, 2.05) is 0 Å². The fourth-order valence-electron chi connectivity index (χ4n) is 3.94. The van der Waals surface area contributed by atoms with Crippen LogP contribution in [0.4, 0.5) is 0 Å². The van der Waals surface area contributed by atoms with Crippen LogP contribution in [0.25, 0.3) is 0 Å². The highest BCUT2D eigenvalue weighted by Crippen LogP contribution is 2.37. The zero-order valence-corrected chi connectivity index (χ0v) is 13.7. The van der Waals surface area contributed by atoms with E-state index in [2.05, 4.69) is 12.2 Å². The van der Waals surface area contributed by atoms with Gasteiger partial charge in [-0.05, 0) is 57.3 Å². The minimum atomic E-state index is 0.0960. The van der Waals surface area contributed by atoms with Gasteiger partial charge in [-0.2, -0.15) is 0 Å². The molecule has 1 N–H and O–H groups in total. The molecule has 1 saturated heterocycles. The van der Waals surface area contributed by atoms with Gasteiger partial charge in [0, 0.05) is 19.2 Å². The monoisotopic (exact) mass is 295 g/mol. The molecule has 3 aliphatic rings. The molecule has 3 heteroatoms. The van der Waals surface area contributed by atoms with E-state index in [1.54, 1.807) is 0 Å². The molecule has 3 nitrogen and oxygen atoms in total. The van der Waals surface area contributed by atoms with Crippen molar-refractivity contribution in [1.82, 2.24) is 5.32 Å². The predicted octanol–water partition coefficient (Wildman–Crippen LogP) is 3.66. The SMILES string of the molecule is CCCC1CCC(CNC2CC2)(OCC2CCCO2)CC1. The van der Waals surface area contributed by atoms with Crippen molar-refractivity contribution < 1.29 is 9.47 Å². The van der Waals surface area contributed by atoms with Crippen LogP contribution in [0, 0.1) is 5.92 Å². The first-order valence-electron chi connectivity index (χ1n) is 9.28. The predicted molar refractivity (Wildman–Crippen MR) is 85.5 cm³/mol. The summed E-state index contributed by atoms with van der Waals surface area (Å²) in [5.41, 5.74) is 0.0960. The van der Waals surface area contributed by atoms with Crippen LogP contribution < -0.4 is 5.32 Å². The molecule has 1 aliphatic heterocycles. The quantitative estimate of drug-likeness (QED) is 0.741. The zero-order chi connectivity index (χ0) is 14.5. The van der Waals surface area contributed by atoms with E-state index in [0.717, 1.165) is 31.7 Å². The fourth-order valence-corrected chi connectivity index (χ4v) is 3.94. The third kappa shape index (κ3) is 4.67. The molecule has 21 heavy (non-hydrogen) atoms. The molecule has 3 rings (SSSR count). The topological polar surface area (TPSA) is 30.5 Å². The maximum absolute atomic E-state index is 6.47. The Kier molecular flexibility index (Phi) is 5.58. The highest BCUT2D eigenvalue weighted by Gasteiger charge is 2.38. The molecule has 122 valence electrons. The van der Waals surface area contributed by atoms with Crippen LogP contribution in [0.5, 0.6) is 0 Å². The van der Waals surface area contributed by atoms with Crippen LogP contribution in [-0.2, 0) is 9.47 Å². The van der Waals surface area contributed by atoms with Crippen molar-refractivity contribution in [3.05, 3.63) is 0 Å². The van der Waals surface area contributed by atoms with Crippen molar-refractivity contribution >= 4 is 0 Å². The van der Waals surface area contributed by atoms with Gasteiger partial charge in [0.2, 0.25) is 0 Å². The summed E-state index contributed by atoms with van der Waals surface area (Å²) < 4.78 is 12.2. The first-order valence-corrected chi connectivity index (χ1v) is 9.28. The Morgan fingerprint density at radius 3 is 2.57 bits per heavy atom. The summed E-state index contributed by atoms with van der Waals surface area (Å²) in [6.07, 6.45) is 13.4. The molecule has 0 bridgehead atoms. The van der Waals surface area contributed by atoms with Crippen molar-refractivity contribution in [1.29, 1.82) is 0 Å². The molecule has 1 heterocycles. The van der Waals surface area contributed by atoms with E-state index < -0.39 is 0 Å². The molecule has 0 amide bonds. The molecule has 3 fully saturated rings. The zero-order valence-electron chi connectivity index (χ0n) is 13.7. The number of hydrogen-bond donors (Lipinski definition) is 1. The van der Waals surface area contributed by atoms with Gasteiger partial charge in [-0.25, -0.2) is 0 Å². The van der Waals surface area contributed by atoms with Gasteiger partial charge in [0.1, 0.15) is 0 Å². The Hall–Kier alpha value is -0.120. The Balaban J connectivity index is 1.49. The van der Waals surface area contributed by atoms with Gasteiger partial charge in [0.25, 0.3) is 0 Å². The van der Waals surface area contributed by atoms with Crippen molar-refractivity contribution in [2.24, 2.45) is 5.92 Å². The van der Waals surface area contributed by atoms with E-state index >= 15 is 0 Å². The van der Waals surface area contributed by atoms with Crippen molar-refractivity contribution in [2.75, 3.05) is 19.8 Å². The van der Waals surface area contributed by atoms with E-state index in [-0.39, 0.29) is 5.60 Å². The lowest BCUT2D eigenvalue weighted by molar-refractivity contribution is -0.106. The van der Waals surface area contributed by atoms with Crippen LogP contribution >= 0.6 is 0 Å². The minimum absolute atomic E-state index is 0.0960. The molecule has 1 unspecified atom stereocenters. The Morgan fingerprint density at radius 2 is 1.95 bits per heavy atom. The minimum Gasteiger partial charge on any atom is -0.376 e. The van der Waals surface area contributed by atoms with Crippen LogP contribution in [0.3, 0.4) is 0 Å². The molecular weight excluding hydrogens is 262 g/mol. The molecule has 0 aromatic heterocycles. The smallest absolute Gasteiger partial charge is 0.0809 e. The number of nitrogens with one attached hydrogen (secondary N) is 1. The van der Waals surface area contributed by atoms with E-state index in [0.29, 0.717) is 6.10 Å². The maximum Gasteiger partial charge on any atom is 0.0809 e. The van der Waals surface area contributed by atoms with E-state index in [9.17, 15) is 0 Å². The van der Waals surface area contributed by atoms with Gasteiger partial charge in [0.15, 0.2) is 0 Å². The van der Waals surface area contributed by atoms with Gasteiger partial charge in [-0.3, -0.25) is 0 Å². The average Bonchev–Trinajstić information content (AvgIpc) is 3.20. The fraction of sp³-hybridized carbons (Fsp3) is 1.00. The lowest BCUT2D eigenvalue weighted by atomic mass is 9.77. The van der Waals surface area contributed by atoms with Gasteiger partial charge >= 0.3 is 0 Å².